The molecule has 0 aliphatic carbocycles. The number of aromatic hydroxyl groups is 1. The number of phenolic OH excluding ortho intramolecular Hbond substituents is 1. The van der Waals surface area contributed by atoms with Gasteiger partial charge in [0.2, 0.25) is 0 Å². The lowest BCUT2D eigenvalue weighted by atomic mass is 9.89. The number of hydrogen-bond acceptors (Lipinski definition) is 4. The first-order chi connectivity index (χ1) is 14.3. The normalized spacial score (nSPS) is 14.9. The number of halogens is 4. The number of rotatable bonds is 3. The van der Waals surface area contributed by atoms with E-state index in [1.807, 2.05) is 18.2 Å². The van der Waals surface area contributed by atoms with E-state index in [1.54, 1.807) is 23.1 Å². The molecule has 9 heteroatoms. The molecule has 0 unspecified atom stereocenters. The molecule has 0 bridgehead atoms. The molecule has 0 saturated carbocycles. The molecule has 4 rings (SSSR count). The monoisotopic (exact) mass is 572 g/mol. The lowest BCUT2D eigenvalue weighted by Gasteiger charge is -2.31. The topological polar surface area (TPSA) is 66.6 Å². The molecule has 2 heterocycles. The minimum Gasteiger partial charge on any atom is -0.506 e. The number of carbonyl (C=O) groups excluding carboxylic acids is 1. The number of likely N-dealkylation sites (tertiary alicyclic amines) is 1. The lowest BCUT2D eigenvalue weighted by Crippen LogP contribution is -2.38. The van der Waals surface area contributed by atoms with Crippen molar-refractivity contribution in [2.75, 3.05) is 13.1 Å². The van der Waals surface area contributed by atoms with Gasteiger partial charge in [0.15, 0.2) is 11.5 Å². The van der Waals surface area contributed by atoms with Crippen molar-refractivity contribution in [1.82, 2.24) is 10.1 Å². The van der Waals surface area contributed by atoms with E-state index in [9.17, 15) is 9.90 Å². The minimum absolute atomic E-state index is 0.0967. The van der Waals surface area contributed by atoms with Crippen LogP contribution in [0.2, 0.25) is 10.0 Å². The SMILES string of the molecule is O=C(c1cc(-c2cc(Br)c(O)c(Br)c2)on1)N1CCC(c2ccc(Cl)c(Cl)c2)CC1. The number of nitrogens with zero attached hydrogens (tertiary/aromatic N) is 2. The van der Waals surface area contributed by atoms with Gasteiger partial charge < -0.3 is 14.5 Å². The van der Waals surface area contributed by atoms with Crippen LogP contribution in [0.1, 0.15) is 34.8 Å². The van der Waals surface area contributed by atoms with Gasteiger partial charge in [-0.25, -0.2) is 0 Å². The van der Waals surface area contributed by atoms with Crippen molar-refractivity contribution in [3.05, 3.63) is 66.6 Å². The zero-order valence-electron chi connectivity index (χ0n) is 15.5. The molecular weight excluding hydrogens is 559 g/mol. The molecule has 1 amide bonds. The molecule has 0 spiro atoms. The fraction of sp³-hybridized carbons (Fsp3) is 0.238. The van der Waals surface area contributed by atoms with Gasteiger partial charge in [0, 0.05) is 24.7 Å². The van der Waals surface area contributed by atoms with E-state index in [1.165, 1.54) is 0 Å². The Balaban J connectivity index is 1.44. The number of phenols is 1. The van der Waals surface area contributed by atoms with Crippen LogP contribution in [0.5, 0.6) is 5.75 Å². The first kappa shape index (κ1) is 21.7. The third kappa shape index (κ3) is 4.40. The summed E-state index contributed by atoms with van der Waals surface area (Å²) in [5, 5.41) is 14.9. The van der Waals surface area contributed by atoms with E-state index in [2.05, 4.69) is 37.0 Å². The van der Waals surface area contributed by atoms with E-state index >= 15 is 0 Å². The second kappa shape index (κ2) is 8.91. The second-order valence-electron chi connectivity index (χ2n) is 7.10. The Hall–Kier alpha value is -1.54. The predicted octanol–water partition coefficient (Wildman–Crippen LogP) is 6.90. The van der Waals surface area contributed by atoms with Crippen molar-refractivity contribution >= 4 is 61.0 Å². The largest absolute Gasteiger partial charge is 0.506 e. The molecule has 2 aromatic carbocycles. The quantitative estimate of drug-likeness (QED) is 0.369. The van der Waals surface area contributed by atoms with Crippen LogP contribution in [-0.4, -0.2) is 34.2 Å². The number of aromatic nitrogens is 1. The number of benzene rings is 2. The summed E-state index contributed by atoms with van der Waals surface area (Å²) < 4.78 is 6.41. The highest BCUT2D eigenvalue weighted by Gasteiger charge is 2.27. The van der Waals surface area contributed by atoms with Crippen molar-refractivity contribution in [2.24, 2.45) is 0 Å². The van der Waals surface area contributed by atoms with Crippen LogP contribution in [0.25, 0.3) is 11.3 Å². The van der Waals surface area contributed by atoms with Crippen LogP contribution in [0, 0.1) is 0 Å². The highest BCUT2D eigenvalue weighted by atomic mass is 79.9. The van der Waals surface area contributed by atoms with Gasteiger partial charge >= 0.3 is 0 Å². The van der Waals surface area contributed by atoms with Gasteiger partial charge in [-0.05, 0) is 80.4 Å². The number of hydrogen-bond donors (Lipinski definition) is 1. The van der Waals surface area contributed by atoms with E-state index in [0.717, 1.165) is 18.4 Å². The maximum atomic E-state index is 12.9. The average molecular weight is 575 g/mol. The van der Waals surface area contributed by atoms with Crippen LogP contribution >= 0.6 is 55.1 Å². The van der Waals surface area contributed by atoms with Crippen molar-refractivity contribution in [3.63, 3.8) is 0 Å². The molecule has 3 aromatic rings. The second-order valence-corrected chi connectivity index (χ2v) is 9.63. The highest BCUT2D eigenvalue weighted by Crippen LogP contribution is 2.37. The fourth-order valence-corrected chi connectivity index (χ4v) is 5.06. The van der Waals surface area contributed by atoms with Crippen LogP contribution < -0.4 is 0 Å². The number of carbonyl (C=O) groups is 1. The summed E-state index contributed by atoms with van der Waals surface area (Å²) in [6, 6.07) is 10.7. The van der Waals surface area contributed by atoms with Gasteiger partial charge in [0.25, 0.3) is 5.91 Å². The lowest BCUT2D eigenvalue weighted by molar-refractivity contribution is 0.0702. The summed E-state index contributed by atoms with van der Waals surface area (Å²) in [5.41, 5.74) is 2.10. The first-order valence-electron chi connectivity index (χ1n) is 9.23. The molecule has 1 aliphatic heterocycles. The van der Waals surface area contributed by atoms with Crippen molar-refractivity contribution in [2.45, 2.75) is 18.8 Å². The number of piperidine rings is 1. The van der Waals surface area contributed by atoms with E-state index in [4.69, 9.17) is 27.7 Å². The summed E-state index contributed by atoms with van der Waals surface area (Å²) in [6.07, 6.45) is 1.68. The minimum atomic E-state index is -0.158. The summed E-state index contributed by atoms with van der Waals surface area (Å²) in [7, 11) is 0. The van der Waals surface area contributed by atoms with Gasteiger partial charge in [-0.3, -0.25) is 4.79 Å². The predicted molar refractivity (Wildman–Crippen MR) is 123 cm³/mol. The molecule has 0 radical (unpaired) electrons. The third-order valence-electron chi connectivity index (χ3n) is 5.23. The van der Waals surface area contributed by atoms with Gasteiger partial charge in [-0.2, -0.15) is 0 Å². The smallest absolute Gasteiger partial charge is 0.276 e. The summed E-state index contributed by atoms with van der Waals surface area (Å²) in [5.74, 6) is 0.725. The zero-order valence-corrected chi connectivity index (χ0v) is 20.2. The molecule has 156 valence electrons. The first-order valence-corrected chi connectivity index (χ1v) is 11.6. The fourth-order valence-electron chi connectivity index (χ4n) is 3.56. The molecule has 1 aromatic heterocycles. The molecule has 1 fully saturated rings. The van der Waals surface area contributed by atoms with Gasteiger partial charge in [0.1, 0.15) is 5.75 Å². The highest BCUT2D eigenvalue weighted by molar-refractivity contribution is 9.11. The Morgan fingerprint density at radius 1 is 1.07 bits per heavy atom. The van der Waals surface area contributed by atoms with E-state index < -0.39 is 0 Å². The number of amides is 1. The molecule has 1 N–H and O–H groups in total. The van der Waals surface area contributed by atoms with Gasteiger partial charge in [-0.1, -0.05) is 34.4 Å². The molecule has 30 heavy (non-hydrogen) atoms. The Morgan fingerprint density at radius 3 is 2.37 bits per heavy atom. The van der Waals surface area contributed by atoms with Crippen molar-refractivity contribution in [3.8, 4) is 17.1 Å². The van der Waals surface area contributed by atoms with Crippen LogP contribution in [-0.2, 0) is 0 Å². The zero-order chi connectivity index (χ0) is 21.4. The maximum Gasteiger partial charge on any atom is 0.276 e. The van der Waals surface area contributed by atoms with Crippen molar-refractivity contribution in [1.29, 1.82) is 0 Å². The van der Waals surface area contributed by atoms with Crippen LogP contribution in [0.3, 0.4) is 0 Å². The third-order valence-corrected chi connectivity index (χ3v) is 7.18. The molecule has 1 aliphatic rings. The Kier molecular flexibility index (Phi) is 6.44. The summed E-state index contributed by atoms with van der Waals surface area (Å²) in [4.78, 5) is 14.7. The summed E-state index contributed by atoms with van der Waals surface area (Å²) in [6.45, 7) is 1.25. The molecule has 0 atom stereocenters. The maximum absolute atomic E-state index is 12.9. The summed E-state index contributed by atoms with van der Waals surface area (Å²) >= 11 is 18.7. The average Bonchev–Trinajstić information content (AvgIpc) is 3.23. The standard InChI is InChI=1S/C21H16Br2Cl2N2O3/c22-14-7-13(8-15(23)20(14)28)19-10-18(26-30-19)21(29)27-5-3-11(4-6-27)12-1-2-16(24)17(25)9-12/h1-2,7-11,28H,3-6H2. The molecular formula is C21H16Br2Cl2N2O3. The van der Waals surface area contributed by atoms with Crippen molar-refractivity contribution < 1.29 is 14.4 Å². The van der Waals surface area contributed by atoms with E-state index in [-0.39, 0.29) is 17.4 Å². The molecule has 1 saturated heterocycles. The molecule has 5 nitrogen and oxygen atoms in total. The van der Waals surface area contributed by atoms with E-state index in [0.29, 0.717) is 49.3 Å². The Morgan fingerprint density at radius 2 is 1.73 bits per heavy atom. The van der Waals surface area contributed by atoms with Gasteiger partial charge in [-0.15, -0.1) is 0 Å². The van der Waals surface area contributed by atoms with Crippen LogP contribution in [0.15, 0.2) is 49.9 Å². The Bertz CT molecular complexity index is 1090. The Labute approximate surface area is 200 Å². The van der Waals surface area contributed by atoms with Gasteiger partial charge in [0.05, 0.1) is 19.0 Å². The van der Waals surface area contributed by atoms with Crippen LogP contribution in [0.4, 0.5) is 0 Å².